The molecular weight excluding hydrogens is 404 g/mol. The molecule has 2 aromatic carbocycles. The molecule has 1 heterocycles. The van der Waals surface area contributed by atoms with Crippen LogP contribution in [-0.4, -0.2) is 63.2 Å². The molecule has 1 saturated heterocycles. The molecule has 7 nitrogen and oxygen atoms in total. The fourth-order valence-corrected chi connectivity index (χ4v) is 3.75. The SMILES string of the molecule is CN=C(NCC1CC(=O)N(CCc2ccccc2)C1)NCC(C)Oc1ccc(OC)cc1. The molecule has 172 valence electrons. The molecule has 0 aromatic heterocycles. The van der Waals surface area contributed by atoms with Gasteiger partial charge in [0.05, 0.1) is 13.7 Å². The molecule has 2 aromatic rings. The van der Waals surface area contributed by atoms with Crippen LogP contribution in [0.2, 0.25) is 0 Å². The van der Waals surface area contributed by atoms with Gasteiger partial charge in [-0.2, -0.15) is 0 Å². The molecule has 3 rings (SSSR count). The van der Waals surface area contributed by atoms with Crippen LogP contribution in [0, 0.1) is 5.92 Å². The van der Waals surface area contributed by atoms with E-state index in [0.29, 0.717) is 25.5 Å². The third-order valence-corrected chi connectivity index (χ3v) is 5.54. The van der Waals surface area contributed by atoms with Crippen molar-refractivity contribution in [2.75, 3.05) is 40.3 Å². The molecule has 7 heteroatoms. The van der Waals surface area contributed by atoms with Crippen LogP contribution in [0.5, 0.6) is 11.5 Å². The van der Waals surface area contributed by atoms with Crippen molar-refractivity contribution in [3.8, 4) is 11.5 Å². The predicted molar refractivity (Wildman–Crippen MR) is 127 cm³/mol. The fraction of sp³-hybridized carbons (Fsp3) is 0.440. The van der Waals surface area contributed by atoms with E-state index in [0.717, 1.165) is 31.0 Å². The molecule has 2 atom stereocenters. The Bertz CT molecular complexity index is 871. The minimum Gasteiger partial charge on any atom is -0.497 e. The normalized spacial score (nSPS) is 17.2. The number of ether oxygens (including phenoxy) is 2. The number of nitrogens with one attached hydrogen (secondary N) is 2. The van der Waals surface area contributed by atoms with Crippen LogP contribution in [0.3, 0.4) is 0 Å². The van der Waals surface area contributed by atoms with Crippen molar-refractivity contribution in [1.29, 1.82) is 0 Å². The summed E-state index contributed by atoms with van der Waals surface area (Å²) in [4.78, 5) is 18.6. The lowest BCUT2D eigenvalue weighted by Gasteiger charge is -2.19. The van der Waals surface area contributed by atoms with Crippen molar-refractivity contribution in [1.82, 2.24) is 15.5 Å². The van der Waals surface area contributed by atoms with Crippen LogP contribution < -0.4 is 20.1 Å². The van der Waals surface area contributed by atoms with Crippen molar-refractivity contribution in [2.45, 2.75) is 25.9 Å². The van der Waals surface area contributed by atoms with Gasteiger partial charge in [-0.25, -0.2) is 0 Å². The maximum absolute atomic E-state index is 12.4. The van der Waals surface area contributed by atoms with E-state index in [-0.39, 0.29) is 17.9 Å². The van der Waals surface area contributed by atoms with Gasteiger partial charge in [-0.05, 0) is 43.2 Å². The number of guanidine groups is 1. The van der Waals surface area contributed by atoms with Crippen LogP contribution in [-0.2, 0) is 11.2 Å². The Balaban J connectivity index is 1.36. The zero-order valence-electron chi connectivity index (χ0n) is 19.2. The quantitative estimate of drug-likeness (QED) is 0.441. The Kier molecular flexibility index (Phi) is 8.78. The summed E-state index contributed by atoms with van der Waals surface area (Å²) in [6.07, 6.45) is 1.43. The van der Waals surface area contributed by atoms with Crippen LogP contribution in [0.25, 0.3) is 0 Å². The number of methoxy groups -OCH3 is 1. The summed E-state index contributed by atoms with van der Waals surface area (Å²) in [5.41, 5.74) is 1.26. The molecule has 1 aliphatic rings. The Morgan fingerprint density at radius 1 is 1.12 bits per heavy atom. The largest absolute Gasteiger partial charge is 0.497 e. The number of carbonyl (C=O) groups excluding carboxylic acids is 1. The summed E-state index contributed by atoms with van der Waals surface area (Å²) in [5, 5.41) is 6.64. The summed E-state index contributed by atoms with van der Waals surface area (Å²) in [7, 11) is 3.39. The number of nitrogens with zero attached hydrogens (tertiary/aromatic N) is 2. The number of rotatable bonds is 10. The van der Waals surface area contributed by atoms with E-state index in [1.807, 2.05) is 54.3 Å². The van der Waals surface area contributed by atoms with Gasteiger partial charge in [0, 0.05) is 39.0 Å². The molecule has 0 aliphatic carbocycles. The second kappa shape index (κ2) is 12.0. The van der Waals surface area contributed by atoms with Gasteiger partial charge in [-0.15, -0.1) is 0 Å². The molecule has 0 saturated carbocycles. The first-order chi connectivity index (χ1) is 15.6. The van der Waals surface area contributed by atoms with Crippen LogP contribution in [0.4, 0.5) is 0 Å². The van der Waals surface area contributed by atoms with E-state index in [2.05, 4.69) is 27.8 Å². The predicted octanol–water partition coefficient (Wildman–Crippen LogP) is 2.72. The zero-order chi connectivity index (χ0) is 22.8. The van der Waals surface area contributed by atoms with Crippen molar-refractivity contribution >= 4 is 11.9 Å². The van der Waals surface area contributed by atoms with Gasteiger partial charge in [0.2, 0.25) is 5.91 Å². The lowest BCUT2D eigenvalue weighted by Crippen LogP contribution is -2.43. The highest BCUT2D eigenvalue weighted by molar-refractivity contribution is 5.80. The van der Waals surface area contributed by atoms with E-state index < -0.39 is 0 Å². The van der Waals surface area contributed by atoms with Gasteiger partial charge in [0.15, 0.2) is 5.96 Å². The Morgan fingerprint density at radius 3 is 2.53 bits per heavy atom. The van der Waals surface area contributed by atoms with E-state index >= 15 is 0 Å². The van der Waals surface area contributed by atoms with Gasteiger partial charge in [0.1, 0.15) is 17.6 Å². The number of carbonyl (C=O) groups is 1. The van der Waals surface area contributed by atoms with Gasteiger partial charge in [0.25, 0.3) is 0 Å². The van der Waals surface area contributed by atoms with E-state index in [1.165, 1.54) is 5.56 Å². The second-order valence-corrected chi connectivity index (χ2v) is 8.08. The number of aliphatic imine (C=N–C) groups is 1. The first-order valence-electron chi connectivity index (χ1n) is 11.1. The number of hydrogen-bond donors (Lipinski definition) is 2. The molecular formula is C25H34N4O3. The van der Waals surface area contributed by atoms with Gasteiger partial charge >= 0.3 is 0 Å². The molecule has 1 fully saturated rings. The average Bonchev–Trinajstić information content (AvgIpc) is 3.18. The maximum Gasteiger partial charge on any atom is 0.223 e. The topological polar surface area (TPSA) is 75.2 Å². The highest BCUT2D eigenvalue weighted by atomic mass is 16.5. The van der Waals surface area contributed by atoms with E-state index in [1.54, 1.807) is 14.2 Å². The summed E-state index contributed by atoms with van der Waals surface area (Å²) in [6, 6.07) is 17.8. The van der Waals surface area contributed by atoms with E-state index in [4.69, 9.17) is 9.47 Å². The Labute approximate surface area is 190 Å². The second-order valence-electron chi connectivity index (χ2n) is 8.08. The van der Waals surface area contributed by atoms with Crippen molar-refractivity contribution < 1.29 is 14.3 Å². The first kappa shape index (κ1) is 23.4. The molecule has 32 heavy (non-hydrogen) atoms. The Morgan fingerprint density at radius 2 is 1.84 bits per heavy atom. The minimum atomic E-state index is -0.0384. The highest BCUT2D eigenvalue weighted by Gasteiger charge is 2.29. The standard InChI is InChI=1S/C25H34N4O3/c1-19(32-23-11-9-22(31-3)10-12-23)16-27-25(26-2)28-17-21-15-24(30)29(18-21)14-13-20-7-5-4-6-8-20/h4-12,19,21H,13-18H2,1-3H3,(H2,26,27,28). The minimum absolute atomic E-state index is 0.0384. The number of hydrogen-bond acceptors (Lipinski definition) is 4. The lowest BCUT2D eigenvalue weighted by atomic mass is 10.1. The molecule has 0 radical (unpaired) electrons. The van der Waals surface area contributed by atoms with Crippen molar-refractivity contribution in [3.63, 3.8) is 0 Å². The van der Waals surface area contributed by atoms with Crippen LogP contribution >= 0.6 is 0 Å². The van der Waals surface area contributed by atoms with Gasteiger partial charge < -0.3 is 25.0 Å². The monoisotopic (exact) mass is 438 g/mol. The third kappa shape index (κ3) is 7.18. The lowest BCUT2D eigenvalue weighted by molar-refractivity contribution is -0.127. The fourth-order valence-electron chi connectivity index (χ4n) is 3.75. The smallest absolute Gasteiger partial charge is 0.223 e. The zero-order valence-corrected chi connectivity index (χ0v) is 19.2. The van der Waals surface area contributed by atoms with Crippen molar-refractivity contribution in [3.05, 3.63) is 60.2 Å². The van der Waals surface area contributed by atoms with Crippen LogP contribution in [0.15, 0.2) is 59.6 Å². The summed E-state index contributed by atoms with van der Waals surface area (Å²) in [6.45, 7) is 4.88. The summed E-state index contributed by atoms with van der Waals surface area (Å²) in [5.74, 6) is 2.83. The molecule has 0 bridgehead atoms. The molecule has 1 amide bonds. The van der Waals surface area contributed by atoms with Crippen LogP contribution in [0.1, 0.15) is 18.9 Å². The average molecular weight is 439 g/mol. The number of benzene rings is 2. The molecule has 2 unspecified atom stereocenters. The summed E-state index contributed by atoms with van der Waals surface area (Å²) >= 11 is 0. The number of amides is 1. The molecule has 2 N–H and O–H groups in total. The Hall–Kier alpha value is -3.22. The molecule has 0 spiro atoms. The number of likely N-dealkylation sites (tertiary alicyclic amines) is 1. The van der Waals surface area contributed by atoms with Gasteiger partial charge in [-0.1, -0.05) is 30.3 Å². The van der Waals surface area contributed by atoms with E-state index in [9.17, 15) is 4.79 Å². The highest BCUT2D eigenvalue weighted by Crippen LogP contribution is 2.19. The van der Waals surface area contributed by atoms with Gasteiger partial charge in [-0.3, -0.25) is 9.79 Å². The van der Waals surface area contributed by atoms with Crippen molar-refractivity contribution in [2.24, 2.45) is 10.9 Å². The maximum atomic E-state index is 12.4. The summed E-state index contributed by atoms with van der Waals surface area (Å²) < 4.78 is 11.1. The first-order valence-corrected chi connectivity index (χ1v) is 11.1. The third-order valence-electron chi connectivity index (χ3n) is 5.54. The molecule has 1 aliphatic heterocycles.